The van der Waals surface area contributed by atoms with Crippen LogP contribution in [0.25, 0.3) is 11.0 Å². The number of nitrogens with zero attached hydrogens (tertiary/aromatic N) is 2. The van der Waals surface area contributed by atoms with E-state index in [0.717, 1.165) is 17.5 Å². The molecule has 1 heterocycles. The van der Waals surface area contributed by atoms with Gasteiger partial charge in [-0.25, -0.2) is 4.98 Å². The Morgan fingerprint density at radius 2 is 2.04 bits per heavy atom. The molecule has 2 rings (SSSR count). The van der Waals surface area contributed by atoms with Gasteiger partial charge in [0.05, 0.1) is 17.6 Å². The lowest BCUT2D eigenvalue weighted by atomic mass is 10.3. The topological polar surface area (TPSA) is 76.0 Å². The number of hydrogen-bond acceptors (Lipinski definition) is 3. The average Bonchev–Trinajstić information content (AvgIpc) is 2.89. The number of imidazole rings is 1. The zero-order valence-corrected chi connectivity index (χ0v) is 13.3. The standard InChI is InChI=1S/C17H22N4O2/c1-3-7-16(22)19-11-15-20-13-8-5-6-9-14(13)21(15)12-17(23)18-10-4-2/h4-6,8-9H,2-3,7,10-12H2,1H3,(H,18,23)(H,19,22). The maximum absolute atomic E-state index is 12.0. The van der Waals surface area contributed by atoms with Gasteiger partial charge in [-0.1, -0.05) is 25.1 Å². The molecule has 0 saturated heterocycles. The van der Waals surface area contributed by atoms with E-state index in [9.17, 15) is 9.59 Å². The molecule has 122 valence electrons. The van der Waals surface area contributed by atoms with Gasteiger partial charge in [-0.15, -0.1) is 6.58 Å². The molecule has 0 unspecified atom stereocenters. The van der Waals surface area contributed by atoms with Gasteiger partial charge < -0.3 is 15.2 Å². The molecule has 0 saturated carbocycles. The number of carbonyl (C=O) groups excluding carboxylic acids is 2. The lowest BCUT2D eigenvalue weighted by Gasteiger charge is -2.10. The molecule has 0 spiro atoms. The van der Waals surface area contributed by atoms with Crippen molar-refractivity contribution in [3.63, 3.8) is 0 Å². The molecule has 1 aromatic carbocycles. The van der Waals surface area contributed by atoms with Crippen LogP contribution in [0.2, 0.25) is 0 Å². The van der Waals surface area contributed by atoms with Crippen molar-refractivity contribution in [2.45, 2.75) is 32.9 Å². The number of carbonyl (C=O) groups is 2. The predicted octanol–water partition coefficient (Wildman–Crippen LogP) is 1.75. The zero-order valence-electron chi connectivity index (χ0n) is 13.3. The summed E-state index contributed by atoms with van der Waals surface area (Å²) in [7, 11) is 0. The molecule has 2 N–H and O–H groups in total. The normalized spacial score (nSPS) is 10.5. The van der Waals surface area contributed by atoms with E-state index < -0.39 is 0 Å². The molecule has 2 amide bonds. The Balaban J connectivity index is 2.20. The molecule has 0 bridgehead atoms. The largest absolute Gasteiger partial charge is 0.351 e. The van der Waals surface area contributed by atoms with E-state index in [1.807, 2.05) is 35.8 Å². The highest BCUT2D eigenvalue weighted by atomic mass is 16.2. The third-order valence-corrected chi connectivity index (χ3v) is 3.40. The Morgan fingerprint density at radius 1 is 1.26 bits per heavy atom. The summed E-state index contributed by atoms with van der Waals surface area (Å²) in [4.78, 5) is 28.2. The van der Waals surface area contributed by atoms with Crippen LogP contribution in [0.4, 0.5) is 0 Å². The number of nitrogens with one attached hydrogen (secondary N) is 2. The summed E-state index contributed by atoms with van der Waals surface area (Å²) in [5.74, 6) is 0.542. The van der Waals surface area contributed by atoms with Crippen LogP contribution < -0.4 is 10.6 Å². The van der Waals surface area contributed by atoms with Crippen LogP contribution in [0.5, 0.6) is 0 Å². The van der Waals surface area contributed by atoms with E-state index >= 15 is 0 Å². The molecule has 0 aliphatic carbocycles. The quantitative estimate of drug-likeness (QED) is 0.729. The fourth-order valence-corrected chi connectivity index (χ4v) is 2.32. The van der Waals surface area contributed by atoms with Crippen LogP contribution in [-0.2, 0) is 22.7 Å². The summed E-state index contributed by atoms with van der Waals surface area (Å²) in [6.07, 6.45) is 2.92. The van der Waals surface area contributed by atoms with Gasteiger partial charge in [-0.3, -0.25) is 9.59 Å². The Kier molecular flexibility index (Phi) is 5.91. The molecule has 1 aromatic heterocycles. The number of fused-ring (bicyclic) bond motifs is 1. The minimum atomic E-state index is -0.116. The van der Waals surface area contributed by atoms with Crippen molar-refractivity contribution < 1.29 is 9.59 Å². The van der Waals surface area contributed by atoms with Crippen molar-refractivity contribution >= 4 is 22.8 Å². The molecule has 0 atom stereocenters. The van der Waals surface area contributed by atoms with E-state index in [1.165, 1.54) is 0 Å². The van der Waals surface area contributed by atoms with Gasteiger partial charge >= 0.3 is 0 Å². The fourth-order valence-electron chi connectivity index (χ4n) is 2.32. The van der Waals surface area contributed by atoms with E-state index in [1.54, 1.807) is 6.08 Å². The second kappa shape index (κ2) is 8.12. The third-order valence-electron chi connectivity index (χ3n) is 3.40. The highest BCUT2D eigenvalue weighted by Crippen LogP contribution is 2.16. The minimum absolute atomic E-state index is 0.0118. The van der Waals surface area contributed by atoms with Gasteiger partial charge in [-0.2, -0.15) is 0 Å². The number of para-hydroxylation sites is 2. The smallest absolute Gasteiger partial charge is 0.240 e. The maximum Gasteiger partial charge on any atom is 0.240 e. The van der Waals surface area contributed by atoms with Crippen molar-refractivity contribution in [2.75, 3.05) is 6.54 Å². The minimum Gasteiger partial charge on any atom is -0.351 e. The Labute approximate surface area is 135 Å². The van der Waals surface area contributed by atoms with Gasteiger partial charge in [0.15, 0.2) is 0 Å². The van der Waals surface area contributed by atoms with Crippen molar-refractivity contribution in [1.29, 1.82) is 0 Å². The summed E-state index contributed by atoms with van der Waals surface area (Å²) in [6, 6.07) is 7.61. The van der Waals surface area contributed by atoms with Crippen molar-refractivity contribution in [3.8, 4) is 0 Å². The van der Waals surface area contributed by atoms with Gasteiger partial charge in [0.25, 0.3) is 0 Å². The summed E-state index contributed by atoms with van der Waals surface area (Å²) in [6.45, 7) is 6.43. The van der Waals surface area contributed by atoms with Gasteiger partial charge in [0, 0.05) is 13.0 Å². The Hall–Kier alpha value is -2.63. The first-order valence-electron chi connectivity index (χ1n) is 7.74. The summed E-state index contributed by atoms with van der Waals surface area (Å²) in [5.41, 5.74) is 1.68. The Morgan fingerprint density at radius 3 is 2.78 bits per heavy atom. The van der Waals surface area contributed by atoms with Crippen LogP contribution >= 0.6 is 0 Å². The molecule has 23 heavy (non-hydrogen) atoms. The molecule has 6 nitrogen and oxygen atoms in total. The molecule has 0 aliphatic heterocycles. The second-order valence-corrected chi connectivity index (χ2v) is 5.22. The van der Waals surface area contributed by atoms with Crippen LogP contribution in [0, 0.1) is 0 Å². The third kappa shape index (κ3) is 4.42. The van der Waals surface area contributed by atoms with Crippen molar-refractivity contribution in [2.24, 2.45) is 0 Å². The first-order valence-corrected chi connectivity index (χ1v) is 7.74. The van der Waals surface area contributed by atoms with Gasteiger partial charge in [-0.05, 0) is 18.6 Å². The van der Waals surface area contributed by atoms with Crippen molar-refractivity contribution in [1.82, 2.24) is 20.2 Å². The van der Waals surface area contributed by atoms with Gasteiger partial charge in [0.1, 0.15) is 12.4 Å². The molecular formula is C17H22N4O2. The number of aromatic nitrogens is 2. The highest BCUT2D eigenvalue weighted by Gasteiger charge is 2.13. The highest BCUT2D eigenvalue weighted by molar-refractivity contribution is 5.81. The second-order valence-electron chi connectivity index (χ2n) is 5.22. The SMILES string of the molecule is C=CCNC(=O)Cn1c(CNC(=O)CCC)nc2ccccc21. The van der Waals surface area contributed by atoms with E-state index in [0.29, 0.717) is 25.3 Å². The predicted molar refractivity (Wildman–Crippen MR) is 89.7 cm³/mol. The fraction of sp³-hybridized carbons (Fsp3) is 0.353. The zero-order chi connectivity index (χ0) is 16.7. The summed E-state index contributed by atoms with van der Waals surface area (Å²) < 4.78 is 1.83. The van der Waals surface area contributed by atoms with Crippen molar-refractivity contribution in [3.05, 3.63) is 42.7 Å². The van der Waals surface area contributed by atoms with E-state index in [2.05, 4.69) is 22.2 Å². The maximum atomic E-state index is 12.0. The monoisotopic (exact) mass is 314 g/mol. The lowest BCUT2D eigenvalue weighted by Crippen LogP contribution is -2.30. The average molecular weight is 314 g/mol. The van der Waals surface area contributed by atoms with Crippen LogP contribution in [0.1, 0.15) is 25.6 Å². The van der Waals surface area contributed by atoms with Crippen LogP contribution in [0.15, 0.2) is 36.9 Å². The Bertz CT molecular complexity index is 706. The molecular weight excluding hydrogens is 292 g/mol. The number of rotatable bonds is 8. The first-order chi connectivity index (χ1) is 11.2. The number of benzene rings is 1. The number of amides is 2. The molecule has 6 heteroatoms. The lowest BCUT2D eigenvalue weighted by molar-refractivity contribution is -0.121. The summed E-state index contributed by atoms with van der Waals surface area (Å²) >= 11 is 0. The van der Waals surface area contributed by atoms with Crippen LogP contribution in [-0.4, -0.2) is 27.9 Å². The first kappa shape index (κ1) is 16.7. The summed E-state index contributed by atoms with van der Waals surface area (Å²) in [5, 5.41) is 5.60. The molecule has 2 aromatic rings. The van der Waals surface area contributed by atoms with Crippen LogP contribution in [0.3, 0.4) is 0 Å². The molecule has 0 aliphatic rings. The van der Waals surface area contributed by atoms with E-state index in [-0.39, 0.29) is 18.4 Å². The molecule has 0 radical (unpaired) electrons. The molecule has 0 fully saturated rings. The number of hydrogen-bond donors (Lipinski definition) is 2. The van der Waals surface area contributed by atoms with Gasteiger partial charge in [0.2, 0.25) is 11.8 Å². The van der Waals surface area contributed by atoms with E-state index in [4.69, 9.17) is 0 Å².